The number of likely N-dealkylation sites (N-methyl/N-ethyl adjacent to an activating group) is 1. The third-order valence-electron chi connectivity index (χ3n) is 12.7. The number of nitrogens with zero attached hydrogens (tertiary/aromatic N) is 1. The fourth-order valence-electron chi connectivity index (χ4n) is 8.66. The van der Waals surface area contributed by atoms with E-state index in [1.165, 1.54) is 6.92 Å². The zero-order chi connectivity index (χ0) is 39.0. The first-order chi connectivity index (χ1) is 23.4. The van der Waals surface area contributed by atoms with Crippen LogP contribution in [0.5, 0.6) is 0 Å². The van der Waals surface area contributed by atoms with Crippen molar-refractivity contribution in [2.75, 3.05) is 21.2 Å². The number of hydrogen-bond donors (Lipinski definition) is 4. The van der Waals surface area contributed by atoms with E-state index in [-0.39, 0.29) is 42.9 Å². The van der Waals surface area contributed by atoms with Gasteiger partial charge >= 0.3 is 5.97 Å². The number of aliphatic hydroxyl groups excluding tert-OH is 2. The van der Waals surface area contributed by atoms with Gasteiger partial charge in [-0.3, -0.25) is 4.79 Å². The molecule has 0 bridgehead atoms. The smallest absolute Gasteiger partial charge is 0.311 e. The Morgan fingerprint density at radius 3 is 2.10 bits per heavy atom. The molecule has 0 amide bonds. The van der Waals surface area contributed by atoms with Crippen molar-refractivity contribution in [1.29, 1.82) is 0 Å². The summed E-state index contributed by atoms with van der Waals surface area (Å²) >= 11 is 0. The maximum Gasteiger partial charge on any atom is 0.311 e. The minimum Gasteiger partial charge on any atom is -0.459 e. The first kappa shape index (κ1) is 44.2. The van der Waals surface area contributed by atoms with Crippen LogP contribution < -0.4 is 0 Å². The zero-order valence-corrected chi connectivity index (χ0v) is 33.8. The second-order valence-electron chi connectivity index (χ2n) is 17.0. The normalized spacial score (nSPS) is 49.7. The van der Waals surface area contributed by atoms with Crippen LogP contribution in [0.15, 0.2) is 12.2 Å². The molecule has 3 rings (SSSR count). The number of rotatable bonds is 7. The van der Waals surface area contributed by atoms with Crippen molar-refractivity contribution in [3.05, 3.63) is 12.2 Å². The monoisotopic (exact) mass is 730 g/mol. The molecule has 18 unspecified atom stereocenters. The standard InChI is InChI=1S/C39H71NO11/c1-16-29-39(12,45)33(42)23(5)22(4)20(2)18-37(10,44)34(51-36-31(41)28(40(13)14)17-21(3)47-36)24(6)32(25(7)35(43)49-29)50-30-19-38(11,46-15)26(8)27(9)48-30/h20-21,23-34,36,41-42,44-45H,4,16-19H2,1-3,5-15H3. The van der Waals surface area contributed by atoms with Gasteiger partial charge in [0.15, 0.2) is 12.6 Å². The molecule has 0 aromatic heterocycles. The molecular formula is C39H71NO11. The van der Waals surface area contributed by atoms with E-state index in [1.807, 2.05) is 53.6 Å². The molecule has 12 nitrogen and oxygen atoms in total. The molecule has 18 atom stereocenters. The zero-order valence-electron chi connectivity index (χ0n) is 33.8. The predicted molar refractivity (Wildman–Crippen MR) is 194 cm³/mol. The van der Waals surface area contributed by atoms with Crippen molar-refractivity contribution in [3.63, 3.8) is 0 Å². The maximum absolute atomic E-state index is 14.2. The number of methoxy groups -OCH3 is 1. The summed E-state index contributed by atoms with van der Waals surface area (Å²) < 4.78 is 38.1. The quantitative estimate of drug-likeness (QED) is 0.221. The highest BCUT2D eigenvalue weighted by atomic mass is 16.7. The van der Waals surface area contributed by atoms with Crippen molar-refractivity contribution in [3.8, 4) is 0 Å². The molecule has 3 fully saturated rings. The van der Waals surface area contributed by atoms with Gasteiger partial charge in [0, 0.05) is 37.3 Å². The van der Waals surface area contributed by atoms with Gasteiger partial charge < -0.3 is 53.7 Å². The number of esters is 1. The van der Waals surface area contributed by atoms with Crippen LogP contribution in [0.2, 0.25) is 0 Å². The molecule has 3 saturated heterocycles. The molecule has 3 heterocycles. The lowest BCUT2D eigenvalue weighted by Gasteiger charge is -2.49. The minimum atomic E-state index is -1.81. The van der Waals surface area contributed by atoms with E-state index < -0.39 is 83.6 Å². The fraction of sp³-hybridized carbons (Fsp3) is 0.923. The average Bonchev–Trinajstić information content (AvgIpc) is 3.05. The first-order valence-electron chi connectivity index (χ1n) is 19.0. The Bertz CT molecular complexity index is 1160. The second-order valence-corrected chi connectivity index (χ2v) is 17.0. The third kappa shape index (κ3) is 9.55. The van der Waals surface area contributed by atoms with E-state index >= 15 is 0 Å². The highest BCUT2D eigenvalue weighted by molar-refractivity contribution is 5.73. The maximum atomic E-state index is 14.2. The van der Waals surface area contributed by atoms with E-state index in [0.717, 1.165) is 0 Å². The van der Waals surface area contributed by atoms with Gasteiger partial charge in [0.1, 0.15) is 17.8 Å². The SMILES string of the molecule is C=C1C(C)CC(C)(O)C(OC2OC(C)CC(N(C)C)C2O)C(C)C(OC2CC(C)(OC)C(C)C(C)O2)C(C)C(=O)OC(CC)C(C)(O)C(O)C1C. The highest BCUT2D eigenvalue weighted by Gasteiger charge is 2.52. The number of ether oxygens (including phenoxy) is 6. The first-order valence-corrected chi connectivity index (χ1v) is 19.0. The van der Waals surface area contributed by atoms with E-state index in [9.17, 15) is 25.2 Å². The summed E-state index contributed by atoms with van der Waals surface area (Å²) in [5.74, 6) is -3.21. The molecule has 51 heavy (non-hydrogen) atoms. The van der Waals surface area contributed by atoms with Crippen LogP contribution in [0.1, 0.15) is 102 Å². The molecule has 3 aliphatic heterocycles. The van der Waals surface area contributed by atoms with Crippen LogP contribution in [0, 0.1) is 29.6 Å². The number of hydrogen-bond acceptors (Lipinski definition) is 12. The molecule has 12 heteroatoms. The molecule has 0 spiro atoms. The van der Waals surface area contributed by atoms with Gasteiger partial charge in [-0.15, -0.1) is 0 Å². The largest absolute Gasteiger partial charge is 0.459 e. The van der Waals surface area contributed by atoms with Crippen molar-refractivity contribution in [1.82, 2.24) is 4.90 Å². The summed E-state index contributed by atoms with van der Waals surface area (Å²) in [7, 11) is 5.45. The van der Waals surface area contributed by atoms with Gasteiger partial charge in [-0.25, -0.2) is 0 Å². The second kappa shape index (κ2) is 17.1. The van der Waals surface area contributed by atoms with Gasteiger partial charge in [-0.05, 0) is 80.8 Å². The molecule has 3 aliphatic rings. The molecule has 4 N–H and O–H groups in total. The lowest BCUT2D eigenvalue weighted by molar-refractivity contribution is -0.313. The fourth-order valence-corrected chi connectivity index (χ4v) is 8.66. The summed E-state index contributed by atoms with van der Waals surface area (Å²) in [6.07, 6.45) is -6.38. The van der Waals surface area contributed by atoms with Gasteiger partial charge in [0.25, 0.3) is 0 Å². The minimum absolute atomic E-state index is 0.0514. The van der Waals surface area contributed by atoms with E-state index in [2.05, 4.69) is 13.5 Å². The lowest BCUT2D eigenvalue weighted by atomic mass is 9.73. The Morgan fingerprint density at radius 2 is 1.55 bits per heavy atom. The predicted octanol–water partition coefficient (Wildman–Crippen LogP) is 4.05. The Kier molecular flexibility index (Phi) is 14.8. The molecule has 0 aliphatic carbocycles. The third-order valence-corrected chi connectivity index (χ3v) is 12.7. The molecule has 0 aromatic carbocycles. The van der Waals surface area contributed by atoms with E-state index in [0.29, 0.717) is 18.4 Å². The van der Waals surface area contributed by atoms with Crippen molar-refractivity contribution >= 4 is 5.97 Å². The Hall–Kier alpha value is -1.19. The number of cyclic esters (lactones) is 1. The average molecular weight is 730 g/mol. The molecule has 0 radical (unpaired) electrons. The van der Waals surface area contributed by atoms with Crippen LogP contribution in [0.25, 0.3) is 0 Å². The van der Waals surface area contributed by atoms with Gasteiger partial charge in [0.05, 0.1) is 47.6 Å². The highest BCUT2D eigenvalue weighted by Crippen LogP contribution is 2.43. The van der Waals surface area contributed by atoms with Gasteiger partial charge in [0.2, 0.25) is 0 Å². The summed E-state index contributed by atoms with van der Waals surface area (Å²) in [5, 5.41) is 47.3. The summed E-state index contributed by atoms with van der Waals surface area (Å²) in [4.78, 5) is 16.1. The Balaban J connectivity index is 2.18. The molecule has 0 aromatic rings. The van der Waals surface area contributed by atoms with Crippen LogP contribution in [0.3, 0.4) is 0 Å². The van der Waals surface area contributed by atoms with Crippen LogP contribution in [0.4, 0.5) is 0 Å². The van der Waals surface area contributed by atoms with Crippen molar-refractivity contribution < 1.29 is 53.6 Å². The molecule has 0 saturated carbocycles. The van der Waals surface area contributed by atoms with Gasteiger partial charge in [-0.2, -0.15) is 0 Å². The summed E-state index contributed by atoms with van der Waals surface area (Å²) in [6, 6.07) is -0.260. The molecular weight excluding hydrogens is 658 g/mol. The Morgan fingerprint density at radius 1 is 0.941 bits per heavy atom. The number of carbonyl (C=O) groups excluding carboxylic acids is 1. The molecule has 298 valence electrons. The number of aliphatic hydroxyl groups is 4. The van der Waals surface area contributed by atoms with E-state index in [1.54, 1.807) is 34.8 Å². The summed E-state index contributed by atoms with van der Waals surface area (Å²) in [6.45, 7) is 24.4. The van der Waals surface area contributed by atoms with Gasteiger partial charge in [-0.1, -0.05) is 46.8 Å². The topological polar surface area (TPSA) is 157 Å². The van der Waals surface area contributed by atoms with Crippen molar-refractivity contribution in [2.45, 2.75) is 180 Å². The van der Waals surface area contributed by atoms with Crippen LogP contribution in [-0.4, -0.2) is 131 Å². The van der Waals surface area contributed by atoms with Crippen LogP contribution >= 0.6 is 0 Å². The Labute approximate surface area is 307 Å². The lowest BCUT2D eigenvalue weighted by Crippen LogP contribution is -2.60. The van der Waals surface area contributed by atoms with Crippen LogP contribution in [-0.2, 0) is 33.2 Å². The number of carbonyl (C=O) groups is 1. The van der Waals surface area contributed by atoms with E-state index in [4.69, 9.17) is 28.4 Å². The summed E-state index contributed by atoms with van der Waals surface area (Å²) in [5.41, 5.74) is -3.37. The van der Waals surface area contributed by atoms with Crippen molar-refractivity contribution in [2.24, 2.45) is 29.6 Å².